The molecule has 1 aliphatic heterocycles. The van der Waals surface area contributed by atoms with Crippen LogP contribution in [0.15, 0.2) is 38.0 Å². The molecule has 0 aromatic rings. The van der Waals surface area contributed by atoms with Gasteiger partial charge in [-0.25, -0.2) is 0 Å². The van der Waals surface area contributed by atoms with Crippen molar-refractivity contribution in [1.82, 2.24) is 5.32 Å². The summed E-state index contributed by atoms with van der Waals surface area (Å²) in [5, 5.41) is 2.84. The number of carbonyl (C=O) groups excluding carboxylic acids is 1. The summed E-state index contributed by atoms with van der Waals surface area (Å²) in [6.45, 7) is 12.6. The van der Waals surface area contributed by atoms with Crippen molar-refractivity contribution in [2.45, 2.75) is 19.3 Å². The van der Waals surface area contributed by atoms with Crippen molar-refractivity contribution in [3.05, 3.63) is 38.0 Å². The van der Waals surface area contributed by atoms with Crippen molar-refractivity contribution in [2.75, 3.05) is 19.8 Å². The Kier molecular flexibility index (Phi) is 10.3. The second kappa shape index (κ2) is 11.1. The number of ether oxygens (including phenoxy) is 1. The summed E-state index contributed by atoms with van der Waals surface area (Å²) in [7, 11) is 0. The lowest BCUT2D eigenvalue weighted by Crippen LogP contribution is -2.27. The lowest BCUT2D eigenvalue weighted by Gasteiger charge is -2.05. The van der Waals surface area contributed by atoms with Gasteiger partial charge in [0.15, 0.2) is 0 Å². The maximum atomic E-state index is 11.1. The van der Waals surface area contributed by atoms with Crippen LogP contribution in [0, 0.1) is 5.92 Å². The van der Waals surface area contributed by atoms with Gasteiger partial charge in [-0.05, 0) is 12.8 Å². The summed E-state index contributed by atoms with van der Waals surface area (Å²) in [5.41, 5.74) is 0. The first-order valence-electron chi connectivity index (χ1n) is 5.96. The van der Waals surface area contributed by atoms with E-state index in [0.29, 0.717) is 13.2 Å². The molecular weight excluding hydrogens is 214 g/mol. The van der Waals surface area contributed by atoms with Crippen LogP contribution in [-0.2, 0) is 9.53 Å². The molecule has 17 heavy (non-hydrogen) atoms. The first kappa shape index (κ1) is 15.7. The van der Waals surface area contributed by atoms with E-state index in [2.05, 4.69) is 25.1 Å². The molecule has 3 heteroatoms. The van der Waals surface area contributed by atoms with Gasteiger partial charge in [0.25, 0.3) is 0 Å². The fourth-order valence-electron chi connectivity index (χ4n) is 1.42. The number of hydrogen-bond acceptors (Lipinski definition) is 2. The van der Waals surface area contributed by atoms with Gasteiger partial charge in [-0.1, -0.05) is 24.6 Å². The molecule has 1 saturated heterocycles. The van der Waals surface area contributed by atoms with Crippen molar-refractivity contribution in [2.24, 2.45) is 5.92 Å². The molecule has 0 bridgehead atoms. The Labute approximate surface area is 104 Å². The fourth-order valence-corrected chi connectivity index (χ4v) is 1.42. The van der Waals surface area contributed by atoms with Crippen molar-refractivity contribution in [1.29, 1.82) is 0 Å². The van der Waals surface area contributed by atoms with Gasteiger partial charge in [0.1, 0.15) is 0 Å². The van der Waals surface area contributed by atoms with E-state index in [4.69, 9.17) is 4.74 Å². The molecule has 0 radical (unpaired) electrons. The SMILES string of the molecule is C=CC1CCCCNC1=O.C=CCOCC=C. The van der Waals surface area contributed by atoms with E-state index in [-0.39, 0.29) is 11.8 Å². The Bertz CT molecular complexity index is 241. The zero-order valence-electron chi connectivity index (χ0n) is 10.5. The van der Waals surface area contributed by atoms with Gasteiger partial charge in [0.2, 0.25) is 5.91 Å². The summed E-state index contributed by atoms with van der Waals surface area (Å²) in [6.07, 6.45) is 8.37. The van der Waals surface area contributed by atoms with Crippen LogP contribution in [-0.4, -0.2) is 25.7 Å². The van der Waals surface area contributed by atoms with E-state index in [9.17, 15) is 4.79 Å². The van der Waals surface area contributed by atoms with Crippen LogP contribution >= 0.6 is 0 Å². The van der Waals surface area contributed by atoms with E-state index in [1.165, 1.54) is 0 Å². The van der Waals surface area contributed by atoms with E-state index in [1.54, 1.807) is 18.2 Å². The molecule has 1 heterocycles. The second-order valence-electron chi connectivity index (χ2n) is 3.74. The topological polar surface area (TPSA) is 38.3 Å². The molecule has 1 aliphatic rings. The summed E-state index contributed by atoms with van der Waals surface area (Å²) in [6, 6.07) is 0. The number of nitrogens with one attached hydrogen (secondary N) is 1. The van der Waals surface area contributed by atoms with Crippen molar-refractivity contribution >= 4 is 5.91 Å². The molecule has 0 aromatic carbocycles. The standard InChI is InChI=1S/C8H13NO.C6H10O/c1-2-7-5-3-4-6-9-8(7)10;1-3-5-7-6-4-2/h2,7H,1,3-6H2,(H,9,10);3-4H,1-2,5-6H2. The minimum atomic E-state index is 0.0579. The normalized spacial score (nSPS) is 19.1. The number of carbonyl (C=O) groups is 1. The number of rotatable bonds is 5. The highest BCUT2D eigenvalue weighted by Gasteiger charge is 2.16. The molecule has 1 atom stereocenters. The molecule has 0 spiro atoms. The molecule has 1 N–H and O–H groups in total. The Morgan fingerprint density at radius 3 is 2.41 bits per heavy atom. The predicted octanol–water partition coefficient (Wildman–Crippen LogP) is 2.46. The first-order chi connectivity index (χ1) is 8.26. The van der Waals surface area contributed by atoms with Crippen LogP contribution < -0.4 is 5.32 Å². The quantitative estimate of drug-likeness (QED) is 0.589. The largest absolute Gasteiger partial charge is 0.373 e. The van der Waals surface area contributed by atoms with Crippen LogP contribution in [0.3, 0.4) is 0 Å². The number of amides is 1. The maximum Gasteiger partial charge on any atom is 0.226 e. The van der Waals surface area contributed by atoms with Crippen molar-refractivity contribution < 1.29 is 9.53 Å². The summed E-state index contributed by atoms with van der Waals surface area (Å²) < 4.78 is 4.90. The zero-order valence-corrected chi connectivity index (χ0v) is 10.5. The average molecular weight is 237 g/mol. The Morgan fingerprint density at radius 2 is 1.88 bits per heavy atom. The van der Waals surface area contributed by atoms with Gasteiger partial charge >= 0.3 is 0 Å². The Hall–Kier alpha value is -1.35. The highest BCUT2D eigenvalue weighted by molar-refractivity contribution is 5.80. The Balaban J connectivity index is 0.000000325. The summed E-state index contributed by atoms with van der Waals surface area (Å²) >= 11 is 0. The van der Waals surface area contributed by atoms with Crippen molar-refractivity contribution in [3.63, 3.8) is 0 Å². The van der Waals surface area contributed by atoms with E-state index < -0.39 is 0 Å². The third kappa shape index (κ3) is 8.46. The van der Waals surface area contributed by atoms with E-state index in [1.807, 2.05) is 0 Å². The smallest absolute Gasteiger partial charge is 0.226 e. The van der Waals surface area contributed by atoms with Crippen LogP contribution in [0.4, 0.5) is 0 Å². The molecule has 0 aromatic heterocycles. The monoisotopic (exact) mass is 237 g/mol. The van der Waals surface area contributed by atoms with Crippen LogP contribution in [0.5, 0.6) is 0 Å². The fraction of sp³-hybridized carbons (Fsp3) is 0.500. The zero-order chi connectivity index (χ0) is 12.9. The van der Waals surface area contributed by atoms with Gasteiger partial charge in [-0.3, -0.25) is 4.79 Å². The highest BCUT2D eigenvalue weighted by Crippen LogP contribution is 2.12. The molecule has 0 saturated carbocycles. The molecular formula is C14H23NO2. The van der Waals surface area contributed by atoms with Gasteiger partial charge < -0.3 is 10.1 Å². The second-order valence-corrected chi connectivity index (χ2v) is 3.74. The van der Waals surface area contributed by atoms with E-state index in [0.717, 1.165) is 25.8 Å². The first-order valence-corrected chi connectivity index (χ1v) is 5.96. The van der Waals surface area contributed by atoms with E-state index >= 15 is 0 Å². The number of hydrogen-bond donors (Lipinski definition) is 1. The molecule has 1 fully saturated rings. The lowest BCUT2D eigenvalue weighted by atomic mass is 10.0. The van der Waals surface area contributed by atoms with Gasteiger partial charge in [0.05, 0.1) is 19.1 Å². The van der Waals surface area contributed by atoms with Crippen LogP contribution in [0.1, 0.15) is 19.3 Å². The highest BCUT2D eigenvalue weighted by atomic mass is 16.5. The van der Waals surface area contributed by atoms with Crippen LogP contribution in [0.2, 0.25) is 0 Å². The Morgan fingerprint density at radius 1 is 1.24 bits per heavy atom. The summed E-state index contributed by atoms with van der Waals surface area (Å²) in [4.78, 5) is 11.1. The third-order valence-electron chi connectivity index (χ3n) is 2.33. The van der Waals surface area contributed by atoms with Crippen LogP contribution in [0.25, 0.3) is 0 Å². The minimum absolute atomic E-state index is 0.0579. The molecule has 1 unspecified atom stereocenters. The minimum Gasteiger partial charge on any atom is -0.373 e. The molecule has 1 rings (SSSR count). The van der Waals surface area contributed by atoms with Gasteiger partial charge in [-0.2, -0.15) is 0 Å². The average Bonchev–Trinajstić information content (AvgIpc) is 2.55. The van der Waals surface area contributed by atoms with Gasteiger partial charge in [0, 0.05) is 6.54 Å². The molecule has 1 amide bonds. The summed E-state index contributed by atoms with van der Waals surface area (Å²) in [5.74, 6) is 0.204. The molecule has 0 aliphatic carbocycles. The lowest BCUT2D eigenvalue weighted by molar-refractivity contribution is -0.123. The van der Waals surface area contributed by atoms with Gasteiger partial charge in [-0.15, -0.1) is 19.7 Å². The van der Waals surface area contributed by atoms with Crippen molar-refractivity contribution in [3.8, 4) is 0 Å². The molecule has 96 valence electrons. The third-order valence-corrected chi connectivity index (χ3v) is 2.33. The molecule has 3 nitrogen and oxygen atoms in total. The predicted molar refractivity (Wildman–Crippen MR) is 71.8 cm³/mol. The maximum absolute atomic E-state index is 11.1.